The molecule has 1 amide bonds. The second kappa shape index (κ2) is 3.72. The number of rotatable bonds is 4. The molecule has 0 aromatic carbocycles. The molecule has 3 aliphatic carbocycles. The summed E-state index contributed by atoms with van der Waals surface area (Å²) in [5, 5.41) is 7.96. The summed E-state index contributed by atoms with van der Waals surface area (Å²) in [6.07, 6.45) is 5.05. The van der Waals surface area contributed by atoms with Crippen LogP contribution in [0.3, 0.4) is 0 Å². The van der Waals surface area contributed by atoms with Gasteiger partial charge < -0.3 is 11.1 Å². The molecular formula is C14H18N6O. The van der Waals surface area contributed by atoms with E-state index in [1.54, 1.807) is 6.33 Å². The maximum atomic E-state index is 11.1. The van der Waals surface area contributed by atoms with Crippen LogP contribution in [-0.2, 0) is 11.8 Å². The molecular weight excluding hydrogens is 268 g/mol. The van der Waals surface area contributed by atoms with E-state index in [9.17, 15) is 4.79 Å². The van der Waals surface area contributed by atoms with E-state index in [-0.39, 0.29) is 16.9 Å². The number of hydrogen-bond acceptors (Lipinski definition) is 5. The number of carbonyl (C=O) groups excluding carboxylic acids is 1. The molecule has 21 heavy (non-hydrogen) atoms. The van der Waals surface area contributed by atoms with Gasteiger partial charge >= 0.3 is 0 Å². The molecule has 7 heteroatoms. The highest BCUT2D eigenvalue weighted by molar-refractivity contribution is 5.87. The summed E-state index contributed by atoms with van der Waals surface area (Å²) in [7, 11) is 1.90. The van der Waals surface area contributed by atoms with E-state index >= 15 is 0 Å². The minimum absolute atomic E-state index is 0.0783. The Balaban J connectivity index is 1.59. The lowest BCUT2D eigenvalue weighted by molar-refractivity contribution is -0.145. The summed E-state index contributed by atoms with van der Waals surface area (Å²) in [4.78, 5) is 19.8. The van der Waals surface area contributed by atoms with Crippen molar-refractivity contribution in [1.82, 2.24) is 19.7 Å². The number of anilines is 1. The Labute approximate surface area is 121 Å². The average Bonchev–Trinajstić information content (AvgIpc) is 2.61. The standard InChI is InChI=1S/C14H18N6O/c1-8-10-11(20(2)19-8)12(17-7-16-10)18-14-4-13(5-14,6-14)3-9(15)21/h7H,3-6H2,1-2H3,(H2,15,21)(H,16,17,18). The van der Waals surface area contributed by atoms with Gasteiger partial charge in [0, 0.05) is 19.0 Å². The maximum Gasteiger partial charge on any atom is 0.217 e. The molecule has 7 nitrogen and oxygen atoms in total. The SMILES string of the molecule is Cc1nn(C)c2c(NC34CC(CC(N)=O)(C3)C4)ncnc12. The minimum atomic E-state index is -0.199. The lowest BCUT2D eigenvalue weighted by atomic mass is 9.38. The molecule has 0 saturated heterocycles. The normalized spacial score (nSPS) is 29.8. The van der Waals surface area contributed by atoms with Gasteiger partial charge in [-0.3, -0.25) is 9.48 Å². The molecule has 2 heterocycles. The van der Waals surface area contributed by atoms with Crippen molar-refractivity contribution in [2.75, 3.05) is 5.32 Å². The van der Waals surface area contributed by atoms with Crippen molar-refractivity contribution in [3.8, 4) is 0 Å². The second-order valence-corrected chi connectivity index (χ2v) is 6.71. The highest BCUT2D eigenvalue weighted by Gasteiger charge is 2.68. The van der Waals surface area contributed by atoms with Gasteiger partial charge in [-0.05, 0) is 31.6 Å². The lowest BCUT2D eigenvalue weighted by Gasteiger charge is -2.70. The zero-order valence-corrected chi connectivity index (χ0v) is 12.2. The number of nitrogens with one attached hydrogen (secondary N) is 1. The summed E-state index contributed by atoms with van der Waals surface area (Å²) in [6.45, 7) is 1.95. The predicted molar refractivity (Wildman–Crippen MR) is 77.5 cm³/mol. The summed E-state index contributed by atoms with van der Waals surface area (Å²) >= 11 is 0. The van der Waals surface area contributed by atoms with E-state index in [1.807, 2.05) is 18.7 Å². The van der Waals surface area contributed by atoms with Gasteiger partial charge in [-0.1, -0.05) is 0 Å². The smallest absolute Gasteiger partial charge is 0.217 e. The Bertz CT molecular complexity index is 744. The number of nitrogens with zero attached hydrogens (tertiary/aromatic N) is 4. The first-order chi connectivity index (χ1) is 9.92. The molecule has 3 saturated carbocycles. The summed E-state index contributed by atoms with van der Waals surface area (Å²) in [5.41, 5.74) is 8.26. The molecule has 3 aliphatic rings. The minimum Gasteiger partial charge on any atom is -0.370 e. The van der Waals surface area contributed by atoms with Gasteiger partial charge in [-0.25, -0.2) is 9.97 Å². The van der Waals surface area contributed by atoms with Crippen molar-refractivity contribution in [2.45, 2.75) is 38.1 Å². The van der Waals surface area contributed by atoms with Gasteiger partial charge in [0.25, 0.3) is 0 Å². The third kappa shape index (κ3) is 1.66. The van der Waals surface area contributed by atoms with Crippen LogP contribution in [-0.4, -0.2) is 31.2 Å². The molecule has 3 fully saturated rings. The first kappa shape index (κ1) is 12.6. The molecule has 0 unspecified atom stereocenters. The van der Waals surface area contributed by atoms with Crippen LogP contribution < -0.4 is 11.1 Å². The number of primary amides is 1. The number of hydrogen-bond donors (Lipinski definition) is 2. The van der Waals surface area contributed by atoms with Gasteiger partial charge in [0.15, 0.2) is 5.82 Å². The molecule has 2 aromatic rings. The van der Waals surface area contributed by atoms with Gasteiger partial charge in [-0.2, -0.15) is 5.10 Å². The zero-order valence-electron chi connectivity index (χ0n) is 12.2. The molecule has 110 valence electrons. The predicted octanol–water partition coefficient (Wildman–Crippen LogP) is 0.882. The van der Waals surface area contributed by atoms with E-state index < -0.39 is 0 Å². The van der Waals surface area contributed by atoms with Crippen LogP contribution in [0.25, 0.3) is 11.0 Å². The Morgan fingerprint density at radius 3 is 2.81 bits per heavy atom. The quantitative estimate of drug-likeness (QED) is 0.869. The maximum absolute atomic E-state index is 11.1. The summed E-state index contributed by atoms with van der Waals surface area (Å²) < 4.78 is 1.82. The van der Waals surface area contributed by atoms with Crippen LogP contribution in [0.4, 0.5) is 5.82 Å². The highest BCUT2D eigenvalue weighted by Crippen LogP contribution is 2.69. The van der Waals surface area contributed by atoms with Crippen molar-refractivity contribution in [3.05, 3.63) is 12.0 Å². The largest absolute Gasteiger partial charge is 0.370 e. The Morgan fingerprint density at radius 1 is 1.43 bits per heavy atom. The van der Waals surface area contributed by atoms with E-state index in [0.29, 0.717) is 6.42 Å². The highest BCUT2D eigenvalue weighted by atomic mass is 16.1. The van der Waals surface area contributed by atoms with Crippen LogP contribution in [0.1, 0.15) is 31.4 Å². The topological polar surface area (TPSA) is 98.7 Å². The third-order valence-corrected chi connectivity index (χ3v) is 4.86. The van der Waals surface area contributed by atoms with Crippen molar-refractivity contribution in [1.29, 1.82) is 0 Å². The van der Waals surface area contributed by atoms with Gasteiger partial charge in [-0.15, -0.1) is 0 Å². The van der Waals surface area contributed by atoms with E-state index in [1.165, 1.54) is 0 Å². The number of amides is 1. The van der Waals surface area contributed by atoms with Gasteiger partial charge in [0.2, 0.25) is 5.91 Å². The van der Waals surface area contributed by atoms with Crippen LogP contribution in [0.5, 0.6) is 0 Å². The number of carbonyl (C=O) groups is 1. The van der Waals surface area contributed by atoms with Crippen LogP contribution in [0.15, 0.2) is 6.33 Å². The Morgan fingerprint density at radius 2 is 2.14 bits per heavy atom. The van der Waals surface area contributed by atoms with Crippen LogP contribution >= 0.6 is 0 Å². The third-order valence-electron chi connectivity index (χ3n) is 4.86. The average molecular weight is 286 g/mol. The molecule has 2 aromatic heterocycles. The Hall–Kier alpha value is -2.18. The van der Waals surface area contributed by atoms with Gasteiger partial charge in [0.1, 0.15) is 17.4 Å². The number of nitrogens with two attached hydrogens (primary N) is 1. The molecule has 3 N–H and O–H groups in total. The molecule has 2 bridgehead atoms. The first-order valence-corrected chi connectivity index (χ1v) is 7.13. The number of fused-ring (bicyclic) bond motifs is 1. The van der Waals surface area contributed by atoms with Crippen molar-refractivity contribution < 1.29 is 4.79 Å². The van der Waals surface area contributed by atoms with Crippen molar-refractivity contribution >= 4 is 22.8 Å². The summed E-state index contributed by atoms with van der Waals surface area (Å²) in [6, 6.07) is 0. The second-order valence-electron chi connectivity index (χ2n) is 6.71. The number of aryl methyl sites for hydroxylation is 2. The lowest BCUT2D eigenvalue weighted by Crippen LogP contribution is -2.71. The van der Waals surface area contributed by atoms with Crippen molar-refractivity contribution in [3.63, 3.8) is 0 Å². The van der Waals surface area contributed by atoms with Crippen molar-refractivity contribution in [2.24, 2.45) is 18.2 Å². The Kier molecular flexibility index (Phi) is 2.22. The molecule has 0 aliphatic heterocycles. The zero-order chi connectivity index (χ0) is 14.8. The molecule has 0 atom stereocenters. The molecule has 0 radical (unpaired) electrons. The van der Waals surface area contributed by atoms with E-state index in [0.717, 1.165) is 41.8 Å². The fraction of sp³-hybridized carbons (Fsp3) is 0.571. The van der Waals surface area contributed by atoms with E-state index in [2.05, 4.69) is 20.4 Å². The molecule has 0 spiro atoms. The fourth-order valence-electron chi connectivity index (χ4n) is 4.30. The first-order valence-electron chi connectivity index (χ1n) is 7.13. The van der Waals surface area contributed by atoms with Crippen LogP contribution in [0.2, 0.25) is 0 Å². The van der Waals surface area contributed by atoms with Crippen LogP contribution in [0, 0.1) is 12.3 Å². The van der Waals surface area contributed by atoms with Gasteiger partial charge in [0.05, 0.1) is 5.69 Å². The number of aromatic nitrogens is 4. The molecule has 5 rings (SSSR count). The summed E-state index contributed by atoms with van der Waals surface area (Å²) in [5.74, 6) is 0.630. The monoisotopic (exact) mass is 286 g/mol. The fourth-order valence-corrected chi connectivity index (χ4v) is 4.30. The van der Waals surface area contributed by atoms with E-state index in [4.69, 9.17) is 5.73 Å².